The Morgan fingerprint density at radius 1 is 1.69 bits per heavy atom. The molecule has 1 N–H and O–H groups in total. The first kappa shape index (κ1) is 11.1. The molecule has 88 valence electrons. The summed E-state index contributed by atoms with van der Waals surface area (Å²) in [5, 5.41) is 6.53. The molecule has 1 aliphatic rings. The lowest BCUT2D eigenvalue weighted by atomic mass is 10.1. The highest BCUT2D eigenvalue weighted by atomic mass is 16.5. The smallest absolute Gasteiger partial charge is 0.290 e. The van der Waals surface area contributed by atoms with E-state index in [0.29, 0.717) is 5.69 Å². The minimum absolute atomic E-state index is 0.000376. The number of carbonyl (C=O) groups excluding carboxylic acids is 1. The number of nitrogens with zero attached hydrogens (tertiary/aromatic N) is 1. The average molecular weight is 224 g/mol. The lowest BCUT2D eigenvalue weighted by Crippen LogP contribution is -2.40. The van der Waals surface area contributed by atoms with Crippen molar-refractivity contribution < 1.29 is 14.1 Å². The zero-order valence-electron chi connectivity index (χ0n) is 9.53. The van der Waals surface area contributed by atoms with Crippen molar-refractivity contribution in [1.82, 2.24) is 10.5 Å². The van der Waals surface area contributed by atoms with Gasteiger partial charge in [0.1, 0.15) is 0 Å². The fourth-order valence-electron chi connectivity index (χ4n) is 1.84. The molecule has 0 bridgehead atoms. The lowest BCUT2D eigenvalue weighted by molar-refractivity contribution is 0.0691. The largest absolute Gasteiger partial charge is 0.376 e. The predicted octanol–water partition coefficient (Wildman–Crippen LogP) is 1.28. The van der Waals surface area contributed by atoms with Crippen molar-refractivity contribution in [2.24, 2.45) is 0 Å². The number of aryl methyl sites for hydroxylation is 1. The van der Waals surface area contributed by atoms with Crippen LogP contribution >= 0.6 is 0 Å². The van der Waals surface area contributed by atoms with E-state index < -0.39 is 0 Å². The van der Waals surface area contributed by atoms with Gasteiger partial charge in [-0.05, 0) is 26.7 Å². The topological polar surface area (TPSA) is 64.4 Å². The van der Waals surface area contributed by atoms with Crippen LogP contribution in [0.3, 0.4) is 0 Å². The molecule has 5 nitrogen and oxygen atoms in total. The fraction of sp³-hybridized carbons (Fsp3) is 0.636. The van der Waals surface area contributed by atoms with Crippen LogP contribution in [0.1, 0.15) is 36.0 Å². The molecule has 0 aliphatic carbocycles. The van der Waals surface area contributed by atoms with Crippen LogP contribution in [-0.2, 0) is 4.74 Å². The third-order valence-corrected chi connectivity index (χ3v) is 2.73. The Morgan fingerprint density at radius 3 is 3.06 bits per heavy atom. The van der Waals surface area contributed by atoms with Crippen molar-refractivity contribution >= 4 is 5.91 Å². The first-order valence-electron chi connectivity index (χ1n) is 5.52. The van der Waals surface area contributed by atoms with Crippen LogP contribution in [0.15, 0.2) is 10.6 Å². The molecule has 5 heteroatoms. The minimum Gasteiger partial charge on any atom is -0.376 e. The molecule has 0 saturated carbocycles. The highest BCUT2D eigenvalue weighted by Gasteiger charge is 2.24. The van der Waals surface area contributed by atoms with Gasteiger partial charge < -0.3 is 14.6 Å². The van der Waals surface area contributed by atoms with Gasteiger partial charge in [-0.2, -0.15) is 0 Å². The zero-order valence-corrected chi connectivity index (χ0v) is 9.53. The number of hydrogen-bond donors (Lipinski definition) is 1. The van der Waals surface area contributed by atoms with Gasteiger partial charge in [0.2, 0.25) is 5.76 Å². The van der Waals surface area contributed by atoms with Gasteiger partial charge in [0.05, 0.1) is 17.8 Å². The quantitative estimate of drug-likeness (QED) is 0.840. The summed E-state index contributed by atoms with van der Waals surface area (Å²) in [6.45, 7) is 4.51. The predicted molar refractivity (Wildman–Crippen MR) is 57.1 cm³/mol. The van der Waals surface area contributed by atoms with Crippen molar-refractivity contribution in [1.29, 1.82) is 0 Å². The number of carbonyl (C=O) groups is 1. The molecule has 0 spiro atoms. The van der Waals surface area contributed by atoms with Crippen LogP contribution in [0.2, 0.25) is 0 Å². The van der Waals surface area contributed by atoms with Crippen LogP contribution in [0.25, 0.3) is 0 Å². The number of nitrogens with one attached hydrogen (secondary N) is 1. The highest BCUT2D eigenvalue weighted by molar-refractivity contribution is 5.91. The number of hydrogen-bond acceptors (Lipinski definition) is 4. The molecule has 1 aromatic heterocycles. The monoisotopic (exact) mass is 224 g/mol. The van der Waals surface area contributed by atoms with E-state index in [1.54, 1.807) is 13.0 Å². The van der Waals surface area contributed by atoms with Gasteiger partial charge in [-0.25, -0.2) is 0 Å². The molecule has 1 saturated heterocycles. The van der Waals surface area contributed by atoms with E-state index in [0.717, 1.165) is 19.4 Å². The molecule has 16 heavy (non-hydrogen) atoms. The molecule has 1 aromatic rings. The van der Waals surface area contributed by atoms with Gasteiger partial charge in [0.15, 0.2) is 0 Å². The van der Waals surface area contributed by atoms with Crippen LogP contribution < -0.4 is 5.32 Å². The third kappa shape index (κ3) is 2.41. The van der Waals surface area contributed by atoms with Gasteiger partial charge >= 0.3 is 0 Å². The minimum atomic E-state index is -0.233. The summed E-state index contributed by atoms with van der Waals surface area (Å²) < 4.78 is 10.4. The van der Waals surface area contributed by atoms with Crippen molar-refractivity contribution in [3.05, 3.63) is 17.5 Å². The molecule has 1 amide bonds. The molecular weight excluding hydrogens is 208 g/mol. The SMILES string of the molecule is Cc1cc(C(=O)N[C@@H](C)[C@H]2CCCO2)on1. The summed E-state index contributed by atoms with van der Waals surface area (Å²) in [5.74, 6) is 0.0194. The van der Waals surface area contributed by atoms with Gasteiger partial charge in [0.25, 0.3) is 5.91 Å². The second-order valence-corrected chi connectivity index (χ2v) is 4.15. The van der Waals surface area contributed by atoms with Crippen LogP contribution in [-0.4, -0.2) is 29.8 Å². The molecule has 0 aromatic carbocycles. The Hall–Kier alpha value is -1.36. The van der Waals surface area contributed by atoms with Gasteiger partial charge in [-0.3, -0.25) is 4.79 Å². The van der Waals surface area contributed by atoms with Crippen LogP contribution in [0.4, 0.5) is 0 Å². The van der Waals surface area contributed by atoms with Gasteiger partial charge in [0, 0.05) is 12.7 Å². The summed E-state index contributed by atoms with van der Waals surface area (Å²) in [6.07, 6.45) is 2.18. The Balaban J connectivity index is 1.91. The van der Waals surface area contributed by atoms with E-state index in [1.165, 1.54) is 0 Å². The van der Waals surface area contributed by atoms with Crippen LogP contribution in [0.5, 0.6) is 0 Å². The molecule has 2 heterocycles. The maximum atomic E-state index is 11.7. The Labute approximate surface area is 94.1 Å². The molecule has 2 atom stereocenters. The second-order valence-electron chi connectivity index (χ2n) is 4.15. The summed E-state index contributed by atoms with van der Waals surface area (Å²) in [7, 11) is 0. The van der Waals surface area contributed by atoms with E-state index in [9.17, 15) is 4.79 Å². The zero-order chi connectivity index (χ0) is 11.5. The average Bonchev–Trinajstić information content (AvgIpc) is 2.87. The van der Waals surface area contributed by atoms with Crippen molar-refractivity contribution in [2.45, 2.75) is 38.8 Å². The molecule has 2 rings (SSSR count). The molecule has 0 unspecified atom stereocenters. The Bertz CT molecular complexity index is 369. The van der Waals surface area contributed by atoms with E-state index in [2.05, 4.69) is 10.5 Å². The first-order chi connectivity index (χ1) is 7.66. The standard InChI is InChI=1S/C11H16N2O3/c1-7-6-10(16-13-7)11(14)12-8(2)9-4-3-5-15-9/h6,8-9H,3-5H2,1-2H3,(H,12,14)/t8-,9+/m0/s1. The lowest BCUT2D eigenvalue weighted by Gasteiger charge is -2.18. The second kappa shape index (κ2) is 4.65. The number of amides is 1. The molecule has 1 aliphatic heterocycles. The van der Waals surface area contributed by atoms with Crippen molar-refractivity contribution in [3.63, 3.8) is 0 Å². The third-order valence-electron chi connectivity index (χ3n) is 2.73. The molecular formula is C11H16N2O3. The van der Waals surface area contributed by atoms with E-state index in [4.69, 9.17) is 9.26 Å². The van der Waals surface area contributed by atoms with E-state index in [-0.39, 0.29) is 23.8 Å². The summed E-state index contributed by atoms with van der Waals surface area (Å²) in [5.41, 5.74) is 0.704. The van der Waals surface area contributed by atoms with E-state index in [1.807, 2.05) is 6.92 Å². The molecule has 0 radical (unpaired) electrons. The van der Waals surface area contributed by atoms with E-state index >= 15 is 0 Å². The van der Waals surface area contributed by atoms with Crippen LogP contribution in [0, 0.1) is 6.92 Å². The Kier molecular flexibility index (Phi) is 3.24. The first-order valence-corrected chi connectivity index (χ1v) is 5.52. The van der Waals surface area contributed by atoms with Gasteiger partial charge in [-0.15, -0.1) is 0 Å². The number of aromatic nitrogens is 1. The molecule has 1 fully saturated rings. The normalized spacial score (nSPS) is 22.0. The van der Waals surface area contributed by atoms with Crippen molar-refractivity contribution in [2.75, 3.05) is 6.61 Å². The van der Waals surface area contributed by atoms with Gasteiger partial charge in [-0.1, -0.05) is 5.16 Å². The number of rotatable bonds is 3. The Morgan fingerprint density at radius 2 is 2.50 bits per heavy atom. The highest BCUT2D eigenvalue weighted by Crippen LogP contribution is 2.15. The summed E-state index contributed by atoms with van der Waals surface area (Å²) in [4.78, 5) is 11.7. The summed E-state index contributed by atoms with van der Waals surface area (Å²) in [6, 6.07) is 1.62. The number of ether oxygens (including phenoxy) is 1. The summed E-state index contributed by atoms with van der Waals surface area (Å²) >= 11 is 0. The van der Waals surface area contributed by atoms with Crippen molar-refractivity contribution in [3.8, 4) is 0 Å². The fourth-order valence-corrected chi connectivity index (χ4v) is 1.84. The maximum absolute atomic E-state index is 11.7. The maximum Gasteiger partial charge on any atom is 0.290 e.